The smallest absolute Gasteiger partial charge is 0.269 e. The fourth-order valence-corrected chi connectivity index (χ4v) is 3.28. The van der Waals surface area contributed by atoms with Gasteiger partial charge in [0, 0.05) is 30.8 Å². The van der Waals surface area contributed by atoms with Crippen LogP contribution in [0.4, 0.5) is 0 Å². The lowest BCUT2D eigenvalue weighted by Crippen LogP contribution is -2.19. The number of pyridine rings is 2. The molecule has 1 aromatic carbocycles. The molecule has 26 heavy (non-hydrogen) atoms. The minimum Gasteiger partial charge on any atom is -0.354 e. The number of hydrogen-bond acceptors (Lipinski definition) is 5. The summed E-state index contributed by atoms with van der Waals surface area (Å²) < 4.78 is 0. The van der Waals surface area contributed by atoms with E-state index in [1.54, 1.807) is 61.9 Å². The topological polar surface area (TPSA) is 72.0 Å². The minimum atomic E-state index is -0.230. The van der Waals surface area contributed by atoms with Crippen LogP contribution in [-0.4, -0.2) is 28.7 Å². The summed E-state index contributed by atoms with van der Waals surface area (Å²) >= 11 is 1.45. The molecule has 5 nitrogen and oxygen atoms in total. The highest BCUT2D eigenvalue weighted by molar-refractivity contribution is 7.98. The zero-order valence-electron chi connectivity index (χ0n) is 14.1. The molecule has 0 spiro atoms. The molecule has 3 aromatic rings. The Kier molecular flexibility index (Phi) is 5.76. The maximum atomic E-state index is 12.7. The number of carbonyl (C=O) groups is 2. The average Bonchev–Trinajstić information content (AvgIpc) is 2.72. The normalized spacial score (nSPS) is 10.3. The first-order chi connectivity index (χ1) is 12.7. The van der Waals surface area contributed by atoms with Gasteiger partial charge in [-0.2, -0.15) is 0 Å². The molecule has 0 saturated carbocycles. The first kappa shape index (κ1) is 17.8. The molecule has 1 amide bonds. The zero-order chi connectivity index (χ0) is 18.4. The molecule has 3 rings (SSSR count). The van der Waals surface area contributed by atoms with E-state index >= 15 is 0 Å². The maximum Gasteiger partial charge on any atom is 0.269 e. The van der Waals surface area contributed by atoms with Crippen molar-refractivity contribution in [2.24, 2.45) is 0 Å². The summed E-state index contributed by atoms with van der Waals surface area (Å²) in [5.74, 6) is 0.272. The lowest BCUT2D eigenvalue weighted by molar-refractivity contribution is 0.0957. The second-order valence-corrected chi connectivity index (χ2v) is 6.36. The third-order valence-corrected chi connectivity index (χ3v) is 4.73. The SMILES string of the molecule is CNC(=O)c1cc(CSc2ncccc2C(=O)c2cc[c]cc2)ccn1. The van der Waals surface area contributed by atoms with E-state index in [0.29, 0.717) is 27.6 Å². The molecule has 6 heteroatoms. The summed E-state index contributed by atoms with van der Waals surface area (Å²) in [5, 5.41) is 3.21. The van der Waals surface area contributed by atoms with Gasteiger partial charge in [-0.1, -0.05) is 24.3 Å². The molecule has 1 radical (unpaired) electrons. The molecule has 2 heterocycles. The third-order valence-electron chi connectivity index (χ3n) is 3.66. The highest BCUT2D eigenvalue weighted by atomic mass is 32.2. The summed E-state index contributed by atoms with van der Waals surface area (Å²) in [5.41, 5.74) is 2.46. The Balaban J connectivity index is 1.79. The van der Waals surface area contributed by atoms with E-state index in [4.69, 9.17) is 0 Å². The van der Waals surface area contributed by atoms with Crippen molar-refractivity contribution in [3.8, 4) is 0 Å². The average molecular weight is 362 g/mol. The highest BCUT2D eigenvalue weighted by Crippen LogP contribution is 2.26. The van der Waals surface area contributed by atoms with Gasteiger partial charge in [-0.25, -0.2) is 4.98 Å². The quantitative estimate of drug-likeness (QED) is 0.539. The summed E-state index contributed by atoms with van der Waals surface area (Å²) in [4.78, 5) is 32.8. The van der Waals surface area contributed by atoms with Crippen LogP contribution in [0.1, 0.15) is 32.0 Å². The van der Waals surface area contributed by atoms with Gasteiger partial charge in [0.25, 0.3) is 5.91 Å². The van der Waals surface area contributed by atoms with Crippen LogP contribution >= 0.6 is 11.8 Å². The molecule has 0 bridgehead atoms. The van der Waals surface area contributed by atoms with Gasteiger partial charge >= 0.3 is 0 Å². The fourth-order valence-electron chi connectivity index (χ4n) is 2.34. The van der Waals surface area contributed by atoms with Gasteiger partial charge in [0.1, 0.15) is 10.7 Å². The summed E-state index contributed by atoms with van der Waals surface area (Å²) in [7, 11) is 1.57. The van der Waals surface area contributed by atoms with E-state index in [1.165, 1.54) is 11.8 Å². The van der Waals surface area contributed by atoms with Crippen LogP contribution in [0, 0.1) is 6.07 Å². The Morgan fingerprint density at radius 2 is 1.92 bits per heavy atom. The molecule has 0 atom stereocenters. The van der Waals surface area contributed by atoms with Crippen LogP contribution in [0.15, 0.2) is 66.0 Å². The van der Waals surface area contributed by atoms with E-state index in [1.807, 2.05) is 6.07 Å². The van der Waals surface area contributed by atoms with Crippen molar-refractivity contribution >= 4 is 23.5 Å². The van der Waals surface area contributed by atoms with Crippen molar-refractivity contribution in [2.75, 3.05) is 7.05 Å². The number of benzene rings is 1. The van der Waals surface area contributed by atoms with Crippen LogP contribution in [0.2, 0.25) is 0 Å². The summed E-state index contributed by atoms with van der Waals surface area (Å²) in [6.45, 7) is 0. The molecule has 0 fully saturated rings. The van der Waals surface area contributed by atoms with Gasteiger partial charge in [0.2, 0.25) is 0 Å². The number of hydrogen-bond donors (Lipinski definition) is 1. The molecule has 2 aromatic heterocycles. The lowest BCUT2D eigenvalue weighted by Gasteiger charge is -2.08. The number of aromatic nitrogens is 2. The van der Waals surface area contributed by atoms with E-state index in [-0.39, 0.29) is 11.7 Å². The van der Waals surface area contributed by atoms with Gasteiger partial charge in [0.15, 0.2) is 5.78 Å². The van der Waals surface area contributed by atoms with Crippen LogP contribution in [-0.2, 0) is 5.75 Å². The molecule has 0 saturated heterocycles. The predicted octanol–water partition coefficient (Wildman–Crippen LogP) is 3.16. The molecule has 0 unspecified atom stereocenters. The zero-order valence-corrected chi connectivity index (χ0v) is 14.9. The molecule has 0 aliphatic heterocycles. The Labute approximate surface area is 155 Å². The van der Waals surface area contributed by atoms with E-state index in [2.05, 4.69) is 21.4 Å². The number of nitrogens with zero attached hydrogens (tertiary/aromatic N) is 2. The first-order valence-electron chi connectivity index (χ1n) is 7.94. The van der Waals surface area contributed by atoms with E-state index in [0.717, 1.165) is 5.56 Å². The summed E-state index contributed by atoms with van der Waals surface area (Å²) in [6, 6.07) is 16.9. The molecular weight excluding hydrogens is 346 g/mol. The maximum absolute atomic E-state index is 12.7. The highest BCUT2D eigenvalue weighted by Gasteiger charge is 2.15. The van der Waals surface area contributed by atoms with Gasteiger partial charge in [0.05, 0.1) is 5.56 Å². The van der Waals surface area contributed by atoms with Crippen LogP contribution in [0.25, 0.3) is 0 Å². The van der Waals surface area contributed by atoms with Gasteiger partial charge < -0.3 is 5.32 Å². The molecule has 129 valence electrons. The van der Waals surface area contributed by atoms with Crippen molar-refractivity contribution in [1.29, 1.82) is 0 Å². The summed E-state index contributed by atoms with van der Waals surface area (Å²) in [6.07, 6.45) is 3.27. The number of carbonyl (C=O) groups excluding carboxylic acids is 2. The minimum absolute atomic E-state index is 0.0737. The fraction of sp³-hybridized carbons (Fsp3) is 0.100. The number of rotatable bonds is 6. The number of nitrogens with one attached hydrogen (secondary N) is 1. The molecule has 0 aliphatic carbocycles. The van der Waals surface area contributed by atoms with E-state index in [9.17, 15) is 9.59 Å². The second-order valence-electron chi connectivity index (χ2n) is 5.39. The molecule has 0 aliphatic rings. The second kappa shape index (κ2) is 8.40. The van der Waals surface area contributed by atoms with Crippen molar-refractivity contribution in [2.45, 2.75) is 10.8 Å². The Hall–Kier alpha value is -2.99. The van der Waals surface area contributed by atoms with Gasteiger partial charge in [-0.05, 0) is 35.9 Å². The van der Waals surface area contributed by atoms with Crippen LogP contribution < -0.4 is 5.32 Å². The largest absolute Gasteiger partial charge is 0.354 e. The van der Waals surface area contributed by atoms with Crippen molar-refractivity contribution in [3.05, 3.63) is 89.4 Å². The van der Waals surface area contributed by atoms with Gasteiger partial charge in [-0.3, -0.25) is 14.6 Å². The number of amides is 1. The third kappa shape index (κ3) is 4.15. The van der Waals surface area contributed by atoms with E-state index < -0.39 is 0 Å². The van der Waals surface area contributed by atoms with Crippen molar-refractivity contribution in [1.82, 2.24) is 15.3 Å². The Bertz CT molecular complexity index is 929. The number of thioether (sulfide) groups is 1. The Morgan fingerprint density at radius 1 is 1.12 bits per heavy atom. The van der Waals surface area contributed by atoms with Crippen molar-refractivity contribution < 1.29 is 9.59 Å². The van der Waals surface area contributed by atoms with Crippen LogP contribution in [0.3, 0.4) is 0 Å². The monoisotopic (exact) mass is 362 g/mol. The molecular formula is C20H16N3O2S. The first-order valence-corrected chi connectivity index (χ1v) is 8.93. The molecule has 1 N–H and O–H groups in total. The predicted molar refractivity (Wildman–Crippen MR) is 100 cm³/mol. The lowest BCUT2D eigenvalue weighted by atomic mass is 10.1. The number of ketones is 1. The van der Waals surface area contributed by atoms with Gasteiger partial charge in [-0.15, -0.1) is 11.8 Å². The van der Waals surface area contributed by atoms with Crippen LogP contribution in [0.5, 0.6) is 0 Å². The van der Waals surface area contributed by atoms with Crippen molar-refractivity contribution in [3.63, 3.8) is 0 Å². The standard InChI is InChI=1S/C20H16N3O2S/c1-21-19(25)17-12-14(9-11-22-17)13-26-20-16(8-5-10-23-20)18(24)15-6-3-2-4-7-15/h3-12H,13H2,1H3,(H,21,25). The Morgan fingerprint density at radius 3 is 2.69 bits per heavy atom.